The third-order valence-electron chi connectivity index (χ3n) is 14.4. The first-order chi connectivity index (χ1) is 32.6. The average Bonchev–Trinajstić information content (AvgIpc) is 3.88. The first kappa shape index (κ1) is 40.3. The van der Waals surface area contributed by atoms with Gasteiger partial charge in [-0.25, -0.2) is 8.78 Å². The Morgan fingerprint density at radius 2 is 1.36 bits per heavy atom. The summed E-state index contributed by atoms with van der Waals surface area (Å²) < 4.78 is 33.1. The number of fused-ring (bicyclic) bond motifs is 6. The first-order valence-corrected chi connectivity index (χ1v) is 23.8. The van der Waals surface area contributed by atoms with Crippen molar-refractivity contribution in [3.05, 3.63) is 216 Å². The molecule has 66 heavy (non-hydrogen) atoms. The molecule has 2 aromatic heterocycles. The number of allylic oxidation sites excluding steroid dienone is 12. The van der Waals surface area contributed by atoms with Crippen LogP contribution in [0.1, 0.15) is 80.7 Å². The second-order valence-electron chi connectivity index (χ2n) is 18.3. The summed E-state index contributed by atoms with van der Waals surface area (Å²) in [6, 6.07) is 44.5. The molecule has 0 aliphatic heterocycles. The van der Waals surface area contributed by atoms with Crippen molar-refractivity contribution in [3.8, 4) is 0 Å². The van der Waals surface area contributed by atoms with Crippen LogP contribution in [0.15, 0.2) is 199 Å². The lowest BCUT2D eigenvalue weighted by molar-refractivity contribution is 0.414. The molecule has 0 N–H and O–H groups in total. The van der Waals surface area contributed by atoms with Crippen LogP contribution in [-0.2, 0) is 6.42 Å². The number of anilines is 3. The van der Waals surface area contributed by atoms with Gasteiger partial charge < -0.3 is 18.9 Å². The predicted octanol–water partition coefficient (Wildman–Crippen LogP) is 16.4. The van der Waals surface area contributed by atoms with Crippen molar-refractivity contribution in [3.63, 3.8) is 0 Å². The molecule has 0 radical (unpaired) electrons. The summed E-state index contributed by atoms with van der Waals surface area (Å²) in [6.45, 7) is 0. The average molecular weight is 867 g/mol. The van der Waals surface area contributed by atoms with E-state index in [1.54, 1.807) is 12.2 Å². The third-order valence-corrected chi connectivity index (χ3v) is 14.4. The minimum absolute atomic E-state index is 0.0294. The Morgan fingerprint density at radius 1 is 0.576 bits per heavy atom. The summed E-state index contributed by atoms with van der Waals surface area (Å²) in [7, 11) is 0. The number of hydrogen-bond acceptors (Lipinski definition) is 2. The van der Waals surface area contributed by atoms with Gasteiger partial charge in [-0.15, -0.1) is 0 Å². The van der Waals surface area contributed by atoms with Gasteiger partial charge in [0.2, 0.25) is 0 Å². The molecule has 0 spiro atoms. The molecular formula is C60H52F2N4. The maximum atomic E-state index is 14.2. The van der Waals surface area contributed by atoms with E-state index in [1.165, 1.54) is 61.2 Å². The molecule has 0 saturated carbocycles. The summed E-state index contributed by atoms with van der Waals surface area (Å²) in [4.78, 5) is 4.94. The van der Waals surface area contributed by atoms with Crippen molar-refractivity contribution in [2.24, 2.45) is 0 Å². The Bertz CT molecular complexity index is 3290. The molecule has 2 unspecified atom stereocenters. The van der Waals surface area contributed by atoms with Crippen LogP contribution in [0.25, 0.3) is 50.1 Å². The fraction of sp³-hybridized carbons (Fsp3) is 0.200. The van der Waals surface area contributed by atoms with Crippen molar-refractivity contribution in [1.82, 2.24) is 9.13 Å². The number of rotatable bonds is 9. The number of hydrogen-bond donors (Lipinski definition) is 0. The van der Waals surface area contributed by atoms with Crippen LogP contribution in [0, 0.1) is 0 Å². The topological polar surface area (TPSA) is 16.3 Å². The molecule has 4 nitrogen and oxygen atoms in total. The van der Waals surface area contributed by atoms with E-state index >= 15 is 0 Å². The number of aromatic nitrogens is 2. The molecule has 5 aromatic carbocycles. The molecule has 0 bridgehead atoms. The fourth-order valence-electron chi connectivity index (χ4n) is 11.3. The molecule has 0 fully saturated rings. The molecule has 5 aliphatic carbocycles. The van der Waals surface area contributed by atoms with Crippen LogP contribution >= 0.6 is 0 Å². The Morgan fingerprint density at radius 3 is 2.12 bits per heavy atom. The molecule has 0 saturated heterocycles. The molecular weight excluding hydrogens is 815 g/mol. The van der Waals surface area contributed by atoms with Crippen molar-refractivity contribution in [2.45, 2.75) is 76.3 Å². The van der Waals surface area contributed by atoms with Gasteiger partial charge in [-0.2, -0.15) is 0 Å². The molecule has 2 atom stereocenters. The summed E-state index contributed by atoms with van der Waals surface area (Å²) in [5, 5.41) is 3.66. The Kier molecular flexibility index (Phi) is 10.4. The highest BCUT2D eigenvalue weighted by Gasteiger charge is 2.30. The zero-order chi connectivity index (χ0) is 44.1. The van der Waals surface area contributed by atoms with E-state index in [9.17, 15) is 8.78 Å². The van der Waals surface area contributed by atoms with Gasteiger partial charge in [-0.3, -0.25) is 0 Å². The van der Waals surface area contributed by atoms with Gasteiger partial charge >= 0.3 is 0 Å². The fourth-order valence-corrected chi connectivity index (χ4v) is 11.3. The zero-order valence-electron chi connectivity index (χ0n) is 37.1. The van der Waals surface area contributed by atoms with E-state index in [1.807, 2.05) is 6.08 Å². The Hall–Kier alpha value is -7.18. The zero-order valence-corrected chi connectivity index (χ0v) is 37.1. The minimum Gasteiger partial charge on any atom is -0.341 e. The second kappa shape index (κ2) is 17.0. The molecule has 2 heterocycles. The van der Waals surface area contributed by atoms with E-state index in [4.69, 9.17) is 0 Å². The molecule has 5 aliphatic rings. The molecule has 6 heteroatoms. The Labute approximate surface area is 385 Å². The monoisotopic (exact) mass is 866 g/mol. The summed E-state index contributed by atoms with van der Waals surface area (Å²) in [5.74, 6) is -0.0321. The smallest absolute Gasteiger partial charge is 0.100 e. The van der Waals surface area contributed by atoms with E-state index in [0.29, 0.717) is 19.3 Å². The van der Waals surface area contributed by atoms with Gasteiger partial charge in [-0.05, 0) is 141 Å². The van der Waals surface area contributed by atoms with Crippen molar-refractivity contribution >= 4 is 67.1 Å². The maximum Gasteiger partial charge on any atom is 0.100 e. The lowest BCUT2D eigenvalue weighted by atomic mass is 9.93. The highest BCUT2D eigenvalue weighted by Crippen LogP contribution is 2.44. The molecule has 326 valence electrons. The number of para-hydroxylation sites is 3. The van der Waals surface area contributed by atoms with Gasteiger partial charge in [0.1, 0.15) is 5.83 Å². The third kappa shape index (κ3) is 7.20. The van der Waals surface area contributed by atoms with Gasteiger partial charge in [0, 0.05) is 86.0 Å². The lowest BCUT2D eigenvalue weighted by Crippen LogP contribution is -2.34. The van der Waals surface area contributed by atoms with Crippen LogP contribution < -0.4 is 9.80 Å². The minimum atomic E-state index is -0.0615. The summed E-state index contributed by atoms with van der Waals surface area (Å²) >= 11 is 0. The van der Waals surface area contributed by atoms with E-state index in [2.05, 4.69) is 183 Å². The van der Waals surface area contributed by atoms with Crippen LogP contribution in [0.3, 0.4) is 0 Å². The van der Waals surface area contributed by atoms with Crippen molar-refractivity contribution in [2.75, 3.05) is 9.80 Å². The first-order valence-electron chi connectivity index (χ1n) is 23.8. The van der Waals surface area contributed by atoms with E-state index in [-0.39, 0.29) is 23.7 Å². The summed E-state index contributed by atoms with van der Waals surface area (Å²) in [5.41, 5.74) is 15.7. The van der Waals surface area contributed by atoms with Gasteiger partial charge in [0.15, 0.2) is 0 Å². The standard InChI is InChI=1S/C60H52F2N4/c61-43-23-31-49(32-24-43)65-57-17-9-7-15-53(57)55-39-51(35-37-59(55)65)63(45-11-3-1-4-12-45)47-27-19-41(20-28-47)42-21-29-48(30-22-42)64(46-13-5-2-6-14-46)52-36-38-60-56(40-52)54-16-8-10-18-58(54)66(60)50-33-25-44(62)26-34-50/h1,3-5,7-23,25,27,29-30,33,36,38-40,47,49H,2,6,24,26,28,31-32,34-35,37H2. The normalized spacial score (nSPS) is 19.5. The van der Waals surface area contributed by atoms with Crippen LogP contribution in [0.4, 0.5) is 25.8 Å². The molecule has 0 amide bonds. The molecule has 12 rings (SSSR count). The quantitative estimate of drug-likeness (QED) is 0.144. The molecule has 7 aromatic rings. The van der Waals surface area contributed by atoms with Crippen LogP contribution in [0.2, 0.25) is 0 Å². The second-order valence-corrected chi connectivity index (χ2v) is 18.3. The largest absolute Gasteiger partial charge is 0.341 e. The highest BCUT2D eigenvalue weighted by molar-refractivity contribution is 6.11. The Balaban J connectivity index is 0.849. The maximum absolute atomic E-state index is 14.2. The van der Waals surface area contributed by atoms with Crippen molar-refractivity contribution < 1.29 is 8.78 Å². The number of benzene rings is 5. The predicted molar refractivity (Wildman–Crippen MR) is 272 cm³/mol. The van der Waals surface area contributed by atoms with Crippen molar-refractivity contribution in [1.29, 1.82) is 0 Å². The highest BCUT2D eigenvalue weighted by atomic mass is 19.1. The van der Waals surface area contributed by atoms with Gasteiger partial charge in [-0.1, -0.05) is 103 Å². The SMILES string of the molecule is FC1=CC=C(n2c3ccccc3c3cc(N(C4=CCCC=C4)c4ccc(C5=CCC(N(C6=Cc7c(n(C8CC=C(F)CC8)c8ccccc78)CC6)c6ccccc6)C=C5)cc4)ccc32)CC1. The number of halogens is 2. The number of nitrogens with zero attached hydrogens (tertiary/aromatic N) is 4. The van der Waals surface area contributed by atoms with Gasteiger partial charge in [0.25, 0.3) is 0 Å². The van der Waals surface area contributed by atoms with E-state index < -0.39 is 0 Å². The van der Waals surface area contributed by atoms with Crippen LogP contribution in [0.5, 0.6) is 0 Å². The summed E-state index contributed by atoms with van der Waals surface area (Å²) in [6.07, 6.45) is 29.8. The lowest BCUT2D eigenvalue weighted by Gasteiger charge is -2.37. The van der Waals surface area contributed by atoms with Crippen LogP contribution in [-0.4, -0.2) is 15.2 Å². The van der Waals surface area contributed by atoms with E-state index in [0.717, 1.165) is 73.1 Å². The van der Waals surface area contributed by atoms with Gasteiger partial charge in [0.05, 0.1) is 22.9 Å².